The number of benzene rings is 1. The molecule has 88 valence electrons. The monoisotopic (exact) mass is 235 g/mol. The fraction of sp³-hybridized carbons (Fsp3) is 0.200. The highest BCUT2D eigenvalue weighted by Gasteiger charge is 2.33. The Balaban J connectivity index is 1.90. The van der Waals surface area contributed by atoms with Crippen LogP contribution in [0.1, 0.15) is 12.0 Å². The number of fused-ring (bicyclic) bond motifs is 4. The van der Waals surface area contributed by atoms with Gasteiger partial charge in [0.15, 0.2) is 0 Å². The summed E-state index contributed by atoms with van der Waals surface area (Å²) in [7, 11) is 0. The molecule has 3 nitrogen and oxygen atoms in total. The van der Waals surface area contributed by atoms with Crippen molar-refractivity contribution in [3.63, 3.8) is 0 Å². The standard InChI is InChI=1S/C15H13N3/c1-2-7-14-13(6-1)11-4-3-5-12(10-11)18(14)15-16-8-9-17-15/h1-9,12,15H,10H2. The van der Waals surface area contributed by atoms with Gasteiger partial charge in [-0.25, -0.2) is 9.98 Å². The Labute approximate surface area is 106 Å². The van der Waals surface area contributed by atoms with E-state index in [1.54, 1.807) is 12.4 Å². The maximum absolute atomic E-state index is 4.43. The van der Waals surface area contributed by atoms with Crippen LogP contribution in [0, 0.1) is 0 Å². The van der Waals surface area contributed by atoms with Crippen LogP contribution < -0.4 is 4.90 Å². The first-order valence-corrected chi connectivity index (χ1v) is 6.23. The lowest BCUT2D eigenvalue weighted by molar-refractivity contribution is 0.582. The van der Waals surface area contributed by atoms with Crippen LogP contribution in [0.25, 0.3) is 5.57 Å². The van der Waals surface area contributed by atoms with Gasteiger partial charge in [0.05, 0.1) is 6.04 Å². The van der Waals surface area contributed by atoms with E-state index in [1.165, 1.54) is 16.8 Å². The molecule has 0 fully saturated rings. The predicted octanol–water partition coefficient (Wildman–Crippen LogP) is 2.66. The lowest BCUT2D eigenvalue weighted by atomic mass is 9.87. The molecule has 0 radical (unpaired) electrons. The lowest BCUT2D eigenvalue weighted by Gasteiger charge is -2.41. The van der Waals surface area contributed by atoms with E-state index < -0.39 is 0 Å². The highest BCUT2D eigenvalue weighted by atomic mass is 15.4. The Morgan fingerprint density at radius 2 is 1.94 bits per heavy atom. The van der Waals surface area contributed by atoms with Gasteiger partial charge in [-0.3, -0.25) is 0 Å². The number of hydrogen-bond donors (Lipinski definition) is 0. The second-order valence-electron chi connectivity index (χ2n) is 4.72. The topological polar surface area (TPSA) is 28.0 Å². The molecule has 0 aromatic heterocycles. The summed E-state index contributed by atoms with van der Waals surface area (Å²) in [6.45, 7) is 0. The van der Waals surface area contributed by atoms with E-state index in [0.717, 1.165) is 6.42 Å². The van der Waals surface area contributed by atoms with Gasteiger partial charge < -0.3 is 4.90 Å². The van der Waals surface area contributed by atoms with Crippen LogP contribution in [-0.4, -0.2) is 24.8 Å². The van der Waals surface area contributed by atoms with Crippen molar-refractivity contribution in [2.75, 3.05) is 4.90 Å². The van der Waals surface area contributed by atoms with E-state index in [9.17, 15) is 0 Å². The quantitative estimate of drug-likeness (QED) is 0.735. The Kier molecular flexibility index (Phi) is 2.00. The number of rotatable bonds is 1. The summed E-state index contributed by atoms with van der Waals surface area (Å²) in [4.78, 5) is 11.2. The van der Waals surface area contributed by atoms with Gasteiger partial charge in [0, 0.05) is 23.7 Å². The summed E-state index contributed by atoms with van der Waals surface area (Å²) in [5.41, 5.74) is 3.97. The minimum absolute atomic E-state index is 0.0968. The van der Waals surface area contributed by atoms with Crippen LogP contribution in [0.15, 0.2) is 52.5 Å². The minimum atomic E-state index is -0.0968. The van der Waals surface area contributed by atoms with Crippen LogP contribution >= 0.6 is 0 Å². The zero-order valence-corrected chi connectivity index (χ0v) is 9.90. The van der Waals surface area contributed by atoms with Gasteiger partial charge in [0.2, 0.25) is 6.29 Å². The van der Waals surface area contributed by atoms with Gasteiger partial charge in [0.25, 0.3) is 0 Å². The average Bonchev–Trinajstić information content (AvgIpc) is 2.93. The molecule has 0 amide bonds. The average molecular weight is 235 g/mol. The van der Waals surface area contributed by atoms with E-state index in [4.69, 9.17) is 0 Å². The smallest absolute Gasteiger partial charge is 0.216 e. The first-order valence-electron chi connectivity index (χ1n) is 6.23. The normalized spacial score (nSPS) is 24.3. The Bertz CT molecular complexity index is 598. The van der Waals surface area contributed by atoms with E-state index in [1.807, 2.05) is 0 Å². The summed E-state index contributed by atoms with van der Waals surface area (Å²) in [5.74, 6) is 0. The number of allylic oxidation sites excluding steroid dienone is 2. The van der Waals surface area contributed by atoms with Crippen molar-refractivity contribution in [1.29, 1.82) is 0 Å². The minimum Gasteiger partial charge on any atom is -0.324 e. The maximum atomic E-state index is 4.43. The fourth-order valence-electron chi connectivity index (χ4n) is 2.91. The molecule has 3 aliphatic rings. The molecule has 0 saturated carbocycles. The number of para-hydroxylation sites is 1. The van der Waals surface area contributed by atoms with Crippen molar-refractivity contribution in [1.82, 2.24) is 0 Å². The molecule has 2 heterocycles. The molecule has 18 heavy (non-hydrogen) atoms. The van der Waals surface area contributed by atoms with E-state index in [2.05, 4.69) is 57.4 Å². The number of hydrogen-bond acceptors (Lipinski definition) is 3. The van der Waals surface area contributed by atoms with Crippen molar-refractivity contribution < 1.29 is 0 Å². The van der Waals surface area contributed by atoms with Crippen molar-refractivity contribution in [3.8, 4) is 0 Å². The summed E-state index contributed by atoms with van der Waals surface area (Å²) in [5, 5.41) is 0. The van der Waals surface area contributed by atoms with Crippen LogP contribution in [-0.2, 0) is 0 Å². The van der Waals surface area contributed by atoms with Crippen molar-refractivity contribution >= 4 is 23.7 Å². The van der Waals surface area contributed by atoms with E-state index in [0.29, 0.717) is 6.04 Å². The van der Waals surface area contributed by atoms with E-state index in [-0.39, 0.29) is 6.29 Å². The molecule has 0 spiro atoms. The molecule has 0 N–H and O–H groups in total. The van der Waals surface area contributed by atoms with Crippen molar-refractivity contribution in [2.45, 2.75) is 18.8 Å². The highest BCUT2D eigenvalue weighted by Crippen LogP contribution is 2.41. The molecule has 2 bridgehead atoms. The second-order valence-corrected chi connectivity index (χ2v) is 4.72. The molecule has 1 unspecified atom stereocenters. The molecule has 0 saturated heterocycles. The molecular weight excluding hydrogens is 222 g/mol. The van der Waals surface area contributed by atoms with Crippen LogP contribution in [0.4, 0.5) is 5.69 Å². The Hall–Kier alpha value is -2.16. The second kappa shape index (κ2) is 3.67. The van der Waals surface area contributed by atoms with Gasteiger partial charge in [-0.1, -0.05) is 36.4 Å². The largest absolute Gasteiger partial charge is 0.324 e. The SMILES string of the molecule is C1=CC2CC(=C1)c1ccccc1N2C1N=CC=N1. The molecule has 1 aromatic rings. The maximum Gasteiger partial charge on any atom is 0.216 e. The zero-order chi connectivity index (χ0) is 11.9. The van der Waals surface area contributed by atoms with Gasteiger partial charge in [0.1, 0.15) is 0 Å². The Morgan fingerprint density at radius 1 is 1.11 bits per heavy atom. The predicted molar refractivity (Wildman–Crippen MR) is 75.2 cm³/mol. The first-order chi connectivity index (χ1) is 8.93. The molecule has 4 rings (SSSR count). The zero-order valence-electron chi connectivity index (χ0n) is 9.90. The molecule has 1 atom stereocenters. The van der Waals surface area contributed by atoms with Gasteiger partial charge in [-0.05, 0) is 18.1 Å². The molecule has 3 heteroatoms. The molecule has 2 aliphatic heterocycles. The van der Waals surface area contributed by atoms with Gasteiger partial charge >= 0.3 is 0 Å². The van der Waals surface area contributed by atoms with Crippen LogP contribution in [0.2, 0.25) is 0 Å². The van der Waals surface area contributed by atoms with Crippen LogP contribution in [0.3, 0.4) is 0 Å². The lowest BCUT2D eigenvalue weighted by Crippen LogP contribution is -2.43. The van der Waals surface area contributed by atoms with Crippen molar-refractivity contribution in [3.05, 3.63) is 48.1 Å². The van der Waals surface area contributed by atoms with E-state index >= 15 is 0 Å². The Morgan fingerprint density at radius 3 is 2.83 bits per heavy atom. The molecule has 1 aromatic carbocycles. The third kappa shape index (κ3) is 1.30. The highest BCUT2D eigenvalue weighted by molar-refractivity contribution is 6.17. The summed E-state index contributed by atoms with van der Waals surface area (Å²) < 4.78 is 0. The third-order valence-electron chi connectivity index (χ3n) is 3.70. The molecule has 1 aliphatic carbocycles. The third-order valence-corrected chi connectivity index (χ3v) is 3.70. The van der Waals surface area contributed by atoms with Gasteiger partial charge in [-0.15, -0.1) is 0 Å². The van der Waals surface area contributed by atoms with Gasteiger partial charge in [-0.2, -0.15) is 0 Å². The number of nitrogens with zero attached hydrogens (tertiary/aromatic N) is 3. The summed E-state index contributed by atoms with van der Waals surface area (Å²) in [6.07, 6.45) is 11.1. The van der Waals surface area contributed by atoms with Crippen LogP contribution in [0.5, 0.6) is 0 Å². The number of anilines is 1. The number of aliphatic imine (C=N–C) groups is 2. The fourth-order valence-corrected chi connectivity index (χ4v) is 2.91. The first kappa shape index (κ1) is 9.83. The molecular formula is C15H13N3. The summed E-state index contributed by atoms with van der Waals surface area (Å²) >= 11 is 0. The van der Waals surface area contributed by atoms with Crippen molar-refractivity contribution in [2.24, 2.45) is 9.98 Å². The summed E-state index contributed by atoms with van der Waals surface area (Å²) in [6, 6.07) is 8.90.